The quantitative estimate of drug-likeness (QED) is 0.870. The number of hydrogen-bond donors (Lipinski definition) is 2. The summed E-state index contributed by atoms with van der Waals surface area (Å²) in [4.78, 5) is 24.5. The van der Waals surface area contributed by atoms with E-state index in [-0.39, 0.29) is 30.4 Å². The van der Waals surface area contributed by atoms with Gasteiger partial charge in [-0.15, -0.1) is 0 Å². The monoisotopic (exact) mass is 316 g/mol. The van der Waals surface area contributed by atoms with Crippen LogP contribution in [0.3, 0.4) is 0 Å². The number of piperazine rings is 1. The van der Waals surface area contributed by atoms with Crippen LogP contribution in [0.25, 0.3) is 0 Å². The number of benzene rings is 1. The summed E-state index contributed by atoms with van der Waals surface area (Å²) in [5.41, 5.74) is 1.05. The molecule has 1 saturated heterocycles. The SMILES string of the molecule is O=C1N[C@H](COCc2ccccc2)C(=O)NC1C1CCCCC1. The fourth-order valence-electron chi connectivity index (χ4n) is 3.43. The highest BCUT2D eigenvalue weighted by Crippen LogP contribution is 2.27. The summed E-state index contributed by atoms with van der Waals surface area (Å²) in [7, 11) is 0. The molecule has 5 heteroatoms. The van der Waals surface area contributed by atoms with Gasteiger partial charge in [0.05, 0.1) is 13.2 Å². The Hall–Kier alpha value is -1.88. The molecule has 2 aliphatic rings. The summed E-state index contributed by atoms with van der Waals surface area (Å²) in [6.07, 6.45) is 5.57. The van der Waals surface area contributed by atoms with Crippen molar-refractivity contribution in [2.24, 2.45) is 5.92 Å². The van der Waals surface area contributed by atoms with E-state index >= 15 is 0 Å². The molecule has 0 aromatic heterocycles. The molecule has 1 aliphatic carbocycles. The van der Waals surface area contributed by atoms with Crippen LogP contribution in [0.2, 0.25) is 0 Å². The van der Waals surface area contributed by atoms with Gasteiger partial charge in [0, 0.05) is 0 Å². The highest BCUT2D eigenvalue weighted by Gasteiger charge is 2.38. The second kappa shape index (κ2) is 7.59. The zero-order chi connectivity index (χ0) is 16.1. The van der Waals surface area contributed by atoms with Crippen LogP contribution in [0.5, 0.6) is 0 Å². The first-order chi connectivity index (χ1) is 11.2. The topological polar surface area (TPSA) is 67.4 Å². The molecule has 0 radical (unpaired) electrons. The molecule has 1 aromatic carbocycles. The van der Waals surface area contributed by atoms with Crippen LogP contribution < -0.4 is 10.6 Å². The largest absolute Gasteiger partial charge is 0.374 e. The summed E-state index contributed by atoms with van der Waals surface area (Å²) in [6, 6.07) is 8.82. The fourth-order valence-corrected chi connectivity index (χ4v) is 3.43. The van der Waals surface area contributed by atoms with E-state index in [4.69, 9.17) is 4.74 Å². The van der Waals surface area contributed by atoms with Gasteiger partial charge in [0.2, 0.25) is 11.8 Å². The van der Waals surface area contributed by atoms with E-state index < -0.39 is 6.04 Å². The van der Waals surface area contributed by atoms with E-state index in [1.807, 2.05) is 30.3 Å². The van der Waals surface area contributed by atoms with Gasteiger partial charge >= 0.3 is 0 Å². The first-order valence-corrected chi connectivity index (χ1v) is 8.46. The molecule has 2 N–H and O–H groups in total. The molecule has 2 fully saturated rings. The molecule has 1 unspecified atom stereocenters. The van der Waals surface area contributed by atoms with Crippen molar-refractivity contribution in [1.29, 1.82) is 0 Å². The van der Waals surface area contributed by atoms with Crippen molar-refractivity contribution in [3.63, 3.8) is 0 Å². The zero-order valence-corrected chi connectivity index (χ0v) is 13.3. The van der Waals surface area contributed by atoms with Crippen LogP contribution in [0.1, 0.15) is 37.7 Å². The van der Waals surface area contributed by atoms with Gasteiger partial charge in [0.1, 0.15) is 12.1 Å². The van der Waals surface area contributed by atoms with Gasteiger partial charge in [0.15, 0.2) is 0 Å². The van der Waals surface area contributed by atoms with E-state index in [0.29, 0.717) is 6.61 Å². The average molecular weight is 316 g/mol. The number of rotatable bonds is 5. The molecular formula is C18H24N2O3. The van der Waals surface area contributed by atoms with Crippen LogP contribution in [0, 0.1) is 5.92 Å². The minimum atomic E-state index is -0.592. The van der Waals surface area contributed by atoms with E-state index in [0.717, 1.165) is 31.2 Å². The van der Waals surface area contributed by atoms with E-state index in [9.17, 15) is 9.59 Å². The maximum absolute atomic E-state index is 12.3. The first kappa shape index (κ1) is 16.0. The fraction of sp³-hybridized carbons (Fsp3) is 0.556. The predicted molar refractivity (Wildman–Crippen MR) is 86.5 cm³/mol. The molecule has 1 aromatic rings. The molecule has 2 atom stereocenters. The van der Waals surface area contributed by atoms with Gasteiger partial charge in [-0.05, 0) is 24.3 Å². The Kier molecular flexibility index (Phi) is 5.28. The van der Waals surface area contributed by atoms with Crippen molar-refractivity contribution < 1.29 is 14.3 Å². The number of amides is 2. The molecule has 1 saturated carbocycles. The molecule has 3 rings (SSSR count). The van der Waals surface area contributed by atoms with Crippen molar-refractivity contribution >= 4 is 11.8 Å². The van der Waals surface area contributed by atoms with Crippen LogP contribution in [-0.4, -0.2) is 30.5 Å². The Labute approximate surface area is 136 Å². The van der Waals surface area contributed by atoms with E-state index in [1.54, 1.807) is 0 Å². The standard InChI is InChI=1S/C18H24N2O3/c21-17-15(12-23-11-13-7-3-1-4-8-13)19-18(22)16(20-17)14-9-5-2-6-10-14/h1,3-4,7-8,14-16H,2,5-6,9-12H2,(H,19,22)(H,20,21)/t15-,16?/m1/s1. The van der Waals surface area contributed by atoms with Crippen molar-refractivity contribution in [3.8, 4) is 0 Å². The highest BCUT2D eigenvalue weighted by molar-refractivity contribution is 5.97. The van der Waals surface area contributed by atoms with Crippen molar-refractivity contribution in [2.75, 3.05) is 6.61 Å². The molecular weight excluding hydrogens is 292 g/mol. The van der Waals surface area contributed by atoms with Crippen LogP contribution in [-0.2, 0) is 20.9 Å². The van der Waals surface area contributed by atoms with E-state index in [1.165, 1.54) is 6.42 Å². The smallest absolute Gasteiger partial charge is 0.245 e. The summed E-state index contributed by atoms with van der Waals surface area (Å²) >= 11 is 0. The Balaban J connectivity index is 1.49. The van der Waals surface area contributed by atoms with E-state index in [2.05, 4.69) is 10.6 Å². The Morgan fingerprint density at radius 2 is 1.70 bits per heavy atom. The number of carbonyl (C=O) groups is 2. The van der Waals surface area contributed by atoms with Crippen molar-refractivity contribution in [1.82, 2.24) is 10.6 Å². The van der Waals surface area contributed by atoms with Gasteiger partial charge < -0.3 is 15.4 Å². The molecule has 23 heavy (non-hydrogen) atoms. The molecule has 5 nitrogen and oxygen atoms in total. The molecule has 1 heterocycles. The second-order valence-corrected chi connectivity index (χ2v) is 6.45. The minimum absolute atomic E-state index is 0.0650. The Morgan fingerprint density at radius 1 is 0.957 bits per heavy atom. The third kappa shape index (κ3) is 4.10. The zero-order valence-electron chi connectivity index (χ0n) is 13.3. The summed E-state index contributed by atoms with van der Waals surface area (Å²) < 4.78 is 5.58. The number of carbonyl (C=O) groups excluding carboxylic acids is 2. The number of hydrogen-bond acceptors (Lipinski definition) is 3. The lowest BCUT2D eigenvalue weighted by Gasteiger charge is -2.35. The molecule has 0 bridgehead atoms. The minimum Gasteiger partial charge on any atom is -0.374 e. The Morgan fingerprint density at radius 3 is 2.43 bits per heavy atom. The maximum atomic E-state index is 12.3. The lowest BCUT2D eigenvalue weighted by Crippen LogP contribution is -2.65. The van der Waals surface area contributed by atoms with Crippen LogP contribution in [0.4, 0.5) is 0 Å². The van der Waals surface area contributed by atoms with Gasteiger partial charge in [-0.2, -0.15) is 0 Å². The summed E-state index contributed by atoms with van der Waals surface area (Å²) in [5.74, 6) is 0.0805. The van der Waals surface area contributed by atoms with Gasteiger partial charge in [-0.3, -0.25) is 9.59 Å². The van der Waals surface area contributed by atoms with Crippen LogP contribution in [0.15, 0.2) is 30.3 Å². The molecule has 0 spiro atoms. The summed E-state index contributed by atoms with van der Waals surface area (Å²) in [6.45, 7) is 0.635. The first-order valence-electron chi connectivity index (χ1n) is 8.46. The molecule has 1 aliphatic heterocycles. The highest BCUT2D eigenvalue weighted by atomic mass is 16.5. The van der Waals surface area contributed by atoms with Gasteiger partial charge in [-0.25, -0.2) is 0 Å². The lowest BCUT2D eigenvalue weighted by molar-refractivity contribution is -0.140. The van der Waals surface area contributed by atoms with Gasteiger partial charge in [-0.1, -0.05) is 49.6 Å². The number of nitrogens with one attached hydrogen (secondary N) is 2. The maximum Gasteiger partial charge on any atom is 0.245 e. The van der Waals surface area contributed by atoms with Crippen molar-refractivity contribution in [3.05, 3.63) is 35.9 Å². The lowest BCUT2D eigenvalue weighted by atomic mass is 9.82. The molecule has 2 amide bonds. The average Bonchev–Trinajstić information content (AvgIpc) is 2.59. The van der Waals surface area contributed by atoms with Crippen LogP contribution >= 0.6 is 0 Å². The predicted octanol–water partition coefficient (Wildman–Crippen LogP) is 1.77. The number of ether oxygens (including phenoxy) is 1. The second-order valence-electron chi connectivity index (χ2n) is 6.45. The Bertz CT molecular complexity index is 540. The third-order valence-corrected chi connectivity index (χ3v) is 4.73. The third-order valence-electron chi connectivity index (χ3n) is 4.73. The normalized spacial score (nSPS) is 25.7. The molecule has 124 valence electrons. The van der Waals surface area contributed by atoms with Crippen molar-refractivity contribution in [2.45, 2.75) is 50.8 Å². The van der Waals surface area contributed by atoms with Gasteiger partial charge in [0.25, 0.3) is 0 Å². The summed E-state index contributed by atoms with van der Waals surface area (Å²) in [5, 5.41) is 5.73.